The van der Waals surface area contributed by atoms with Crippen molar-refractivity contribution in [1.29, 1.82) is 0 Å². The predicted molar refractivity (Wildman–Crippen MR) is 81.1 cm³/mol. The summed E-state index contributed by atoms with van der Waals surface area (Å²) in [5.41, 5.74) is 0. The topological polar surface area (TPSA) is 26.3 Å². The number of halogens is 2. The van der Waals surface area contributed by atoms with E-state index in [1.54, 1.807) is 0 Å². The molecule has 0 spiro atoms. The largest absolute Gasteiger partial charge is 0.380 e. The molecule has 0 aliphatic heterocycles. The van der Waals surface area contributed by atoms with Gasteiger partial charge in [0.2, 0.25) is 0 Å². The van der Waals surface area contributed by atoms with Crippen molar-refractivity contribution in [2.45, 2.75) is 45.4 Å². The highest BCUT2D eigenvalue weighted by atomic mass is 35.9. The van der Waals surface area contributed by atoms with Crippen LogP contribution in [0.25, 0.3) is 0 Å². The van der Waals surface area contributed by atoms with Gasteiger partial charge in [-0.05, 0) is 60.3 Å². The molecule has 0 atom stereocenters. The molecular formula is C12H19Cl2O2PS. The summed E-state index contributed by atoms with van der Waals surface area (Å²) in [5, 5.41) is 0. The highest BCUT2D eigenvalue weighted by Gasteiger charge is 2.13. The predicted octanol–water partition coefficient (Wildman–Crippen LogP) is 6.02. The third-order valence-electron chi connectivity index (χ3n) is 2.55. The standard InChI is InChI=1S/C12H19Cl2O2PS/c1-2-3-4-6-11-8-9-12(18-11)7-5-10-16-17(13,14)15/h8-9H,2-7,10H2,1H3. The summed E-state index contributed by atoms with van der Waals surface area (Å²) in [6, 6.07) is 4.36. The van der Waals surface area contributed by atoms with Crippen LogP contribution in [0.5, 0.6) is 0 Å². The Morgan fingerprint density at radius 2 is 1.78 bits per heavy atom. The van der Waals surface area contributed by atoms with Crippen LogP contribution in [0.4, 0.5) is 0 Å². The molecule has 2 nitrogen and oxygen atoms in total. The maximum Gasteiger partial charge on any atom is 0.380 e. The minimum Gasteiger partial charge on any atom is -0.306 e. The summed E-state index contributed by atoms with van der Waals surface area (Å²) in [7, 11) is 0. The van der Waals surface area contributed by atoms with E-state index < -0.39 is 6.07 Å². The first-order valence-electron chi connectivity index (χ1n) is 6.23. The van der Waals surface area contributed by atoms with Crippen LogP contribution in [0.2, 0.25) is 0 Å². The number of aryl methyl sites for hydroxylation is 2. The average molecular weight is 329 g/mol. The molecule has 6 heteroatoms. The molecule has 0 saturated carbocycles. The molecule has 0 bridgehead atoms. The Labute approximate surface area is 123 Å². The normalized spacial score (nSPS) is 11.9. The Balaban J connectivity index is 2.21. The van der Waals surface area contributed by atoms with Gasteiger partial charge in [0.25, 0.3) is 0 Å². The van der Waals surface area contributed by atoms with E-state index in [1.807, 2.05) is 11.3 Å². The Bertz CT molecular complexity index is 389. The minimum atomic E-state index is -3.35. The Kier molecular flexibility index (Phi) is 7.90. The van der Waals surface area contributed by atoms with Crippen molar-refractivity contribution < 1.29 is 9.09 Å². The van der Waals surface area contributed by atoms with E-state index in [-0.39, 0.29) is 0 Å². The van der Waals surface area contributed by atoms with Gasteiger partial charge >= 0.3 is 6.07 Å². The van der Waals surface area contributed by atoms with Crippen LogP contribution in [0.3, 0.4) is 0 Å². The lowest BCUT2D eigenvalue weighted by molar-refractivity contribution is 0.327. The molecule has 0 N–H and O–H groups in total. The smallest absolute Gasteiger partial charge is 0.306 e. The van der Waals surface area contributed by atoms with Gasteiger partial charge in [-0.3, -0.25) is 4.57 Å². The maximum atomic E-state index is 10.9. The van der Waals surface area contributed by atoms with Gasteiger partial charge in [0.05, 0.1) is 6.61 Å². The van der Waals surface area contributed by atoms with Crippen LogP contribution < -0.4 is 0 Å². The van der Waals surface area contributed by atoms with Crippen molar-refractivity contribution in [2.24, 2.45) is 0 Å². The molecule has 0 aliphatic rings. The molecule has 0 unspecified atom stereocenters. The molecule has 1 aromatic heterocycles. The van der Waals surface area contributed by atoms with E-state index in [1.165, 1.54) is 35.4 Å². The van der Waals surface area contributed by atoms with Crippen molar-refractivity contribution in [3.63, 3.8) is 0 Å². The van der Waals surface area contributed by atoms with Gasteiger partial charge in [0.1, 0.15) is 0 Å². The lowest BCUT2D eigenvalue weighted by Gasteiger charge is -2.02. The van der Waals surface area contributed by atoms with Gasteiger partial charge in [0.15, 0.2) is 0 Å². The zero-order chi connectivity index (χ0) is 13.4. The molecule has 0 saturated heterocycles. The molecule has 18 heavy (non-hydrogen) atoms. The van der Waals surface area contributed by atoms with Crippen LogP contribution >= 0.6 is 39.9 Å². The summed E-state index contributed by atoms with van der Waals surface area (Å²) in [5.74, 6) is 0. The lowest BCUT2D eigenvalue weighted by Crippen LogP contribution is -1.89. The molecule has 1 heterocycles. The molecule has 0 amide bonds. The first-order valence-corrected chi connectivity index (χ1v) is 10.5. The zero-order valence-electron chi connectivity index (χ0n) is 10.5. The fourth-order valence-electron chi connectivity index (χ4n) is 1.66. The number of hydrogen-bond acceptors (Lipinski definition) is 3. The second-order valence-electron chi connectivity index (χ2n) is 4.18. The lowest BCUT2D eigenvalue weighted by atomic mass is 10.2. The van der Waals surface area contributed by atoms with Crippen LogP contribution in [-0.4, -0.2) is 6.61 Å². The van der Waals surface area contributed by atoms with E-state index in [0.29, 0.717) is 6.61 Å². The van der Waals surface area contributed by atoms with Gasteiger partial charge in [-0.15, -0.1) is 11.3 Å². The van der Waals surface area contributed by atoms with Crippen molar-refractivity contribution in [2.75, 3.05) is 6.61 Å². The quantitative estimate of drug-likeness (QED) is 0.409. The molecule has 104 valence electrons. The Morgan fingerprint density at radius 3 is 2.33 bits per heavy atom. The summed E-state index contributed by atoms with van der Waals surface area (Å²) in [6.45, 7) is 2.56. The highest BCUT2D eigenvalue weighted by molar-refractivity contribution is 8.05. The first kappa shape index (κ1) is 16.5. The van der Waals surface area contributed by atoms with Gasteiger partial charge < -0.3 is 4.52 Å². The number of unbranched alkanes of at least 4 members (excludes halogenated alkanes) is 2. The van der Waals surface area contributed by atoms with E-state index in [9.17, 15) is 4.57 Å². The monoisotopic (exact) mass is 328 g/mol. The van der Waals surface area contributed by atoms with Crippen molar-refractivity contribution >= 4 is 39.9 Å². The van der Waals surface area contributed by atoms with Gasteiger partial charge in [-0.25, -0.2) is 0 Å². The Morgan fingerprint density at radius 1 is 1.17 bits per heavy atom. The first-order chi connectivity index (χ1) is 8.51. The molecule has 0 aliphatic carbocycles. The summed E-state index contributed by atoms with van der Waals surface area (Å²) in [4.78, 5) is 2.78. The van der Waals surface area contributed by atoms with Gasteiger partial charge in [-0.2, -0.15) is 0 Å². The van der Waals surface area contributed by atoms with Crippen LogP contribution in [-0.2, 0) is 21.9 Å². The van der Waals surface area contributed by atoms with E-state index in [2.05, 4.69) is 19.1 Å². The maximum absolute atomic E-state index is 10.9. The van der Waals surface area contributed by atoms with E-state index in [4.69, 9.17) is 27.0 Å². The van der Waals surface area contributed by atoms with E-state index in [0.717, 1.165) is 12.8 Å². The molecule has 0 fully saturated rings. The summed E-state index contributed by atoms with van der Waals surface area (Å²) in [6.07, 6.45) is 3.35. The Hall–Kier alpha value is 0.470. The van der Waals surface area contributed by atoms with Crippen molar-refractivity contribution in [3.8, 4) is 0 Å². The second-order valence-corrected chi connectivity index (χ2v) is 9.71. The zero-order valence-corrected chi connectivity index (χ0v) is 13.8. The average Bonchev–Trinajstić information content (AvgIpc) is 2.72. The molecule has 0 radical (unpaired) electrons. The molecule has 0 aromatic carbocycles. The fraction of sp³-hybridized carbons (Fsp3) is 0.667. The van der Waals surface area contributed by atoms with Crippen LogP contribution in [0.15, 0.2) is 12.1 Å². The van der Waals surface area contributed by atoms with E-state index >= 15 is 0 Å². The third-order valence-corrected chi connectivity index (χ3v) is 4.83. The molecular weight excluding hydrogens is 310 g/mol. The minimum absolute atomic E-state index is 0.341. The number of thiophene rings is 1. The highest BCUT2D eigenvalue weighted by Crippen LogP contribution is 2.57. The summed E-state index contributed by atoms with van der Waals surface area (Å²) < 4.78 is 15.7. The van der Waals surface area contributed by atoms with Crippen molar-refractivity contribution in [3.05, 3.63) is 21.9 Å². The number of hydrogen-bond donors (Lipinski definition) is 0. The van der Waals surface area contributed by atoms with Crippen LogP contribution in [0.1, 0.15) is 42.4 Å². The summed E-state index contributed by atoms with van der Waals surface area (Å²) >= 11 is 12.4. The van der Waals surface area contributed by atoms with Crippen molar-refractivity contribution in [1.82, 2.24) is 0 Å². The van der Waals surface area contributed by atoms with Gasteiger partial charge in [0, 0.05) is 9.75 Å². The van der Waals surface area contributed by atoms with Gasteiger partial charge in [-0.1, -0.05) is 19.8 Å². The SMILES string of the molecule is CCCCCc1ccc(CCCOP(=O)(Cl)Cl)s1. The fourth-order valence-corrected chi connectivity index (χ4v) is 3.51. The third kappa shape index (κ3) is 7.81. The van der Waals surface area contributed by atoms with Crippen LogP contribution in [0, 0.1) is 0 Å². The molecule has 1 rings (SSSR count). The molecule has 1 aromatic rings. The second kappa shape index (κ2) is 8.60. The number of rotatable bonds is 9.